The number of aryl methyl sites for hydroxylation is 1. The third-order valence-electron chi connectivity index (χ3n) is 4.31. The lowest BCUT2D eigenvalue weighted by molar-refractivity contribution is -0.141. The average molecular weight is 335 g/mol. The van der Waals surface area contributed by atoms with Gasteiger partial charge in [-0.2, -0.15) is 0 Å². The first kappa shape index (κ1) is 18.1. The van der Waals surface area contributed by atoms with Crippen molar-refractivity contribution in [3.8, 4) is 11.5 Å². The largest absolute Gasteiger partial charge is 0.493 e. The molecule has 0 saturated carbocycles. The van der Waals surface area contributed by atoms with Crippen LogP contribution in [0.4, 0.5) is 0 Å². The van der Waals surface area contributed by atoms with E-state index in [0.717, 1.165) is 24.8 Å². The highest BCUT2D eigenvalue weighted by Crippen LogP contribution is 2.28. The highest BCUT2D eigenvalue weighted by molar-refractivity contribution is 5.78. The standard InChI is InChI=1S/C18H25NO5/c1-13-6-8-15(16(11-13)23-2)24-12-17(20)19-10-4-3-5-14(19)7-9-18(21)22/h6,8,11,14H,3-5,7,9-10,12H2,1-2H3,(H,21,22). The van der Waals surface area contributed by atoms with Crippen LogP contribution in [0.3, 0.4) is 0 Å². The number of carbonyl (C=O) groups is 2. The number of piperidine rings is 1. The number of carbonyl (C=O) groups excluding carboxylic acids is 1. The number of hydrogen-bond acceptors (Lipinski definition) is 4. The second kappa shape index (κ2) is 8.57. The molecule has 2 rings (SSSR count). The lowest BCUT2D eigenvalue weighted by Crippen LogP contribution is -2.46. The predicted octanol–water partition coefficient (Wildman–Crippen LogP) is 2.63. The number of ether oxygens (including phenoxy) is 2. The highest BCUT2D eigenvalue weighted by Gasteiger charge is 2.27. The van der Waals surface area contributed by atoms with Crippen molar-refractivity contribution < 1.29 is 24.2 Å². The van der Waals surface area contributed by atoms with Gasteiger partial charge < -0.3 is 19.5 Å². The Balaban J connectivity index is 1.96. The maximum absolute atomic E-state index is 12.5. The van der Waals surface area contributed by atoms with Gasteiger partial charge in [-0.25, -0.2) is 0 Å². The number of hydrogen-bond donors (Lipinski definition) is 1. The molecule has 6 nitrogen and oxygen atoms in total. The van der Waals surface area contributed by atoms with Gasteiger partial charge in [0.05, 0.1) is 7.11 Å². The molecule has 0 spiro atoms. The van der Waals surface area contributed by atoms with Gasteiger partial charge in [0, 0.05) is 19.0 Å². The summed E-state index contributed by atoms with van der Waals surface area (Å²) in [6.45, 7) is 2.55. The van der Waals surface area contributed by atoms with Crippen LogP contribution >= 0.6 is 0 Å². The van der Waals surface area contributed by atoms with Crippen molar-refractivity contribution in [3.05, 3.63) is 23.8 Å². The number of nitrogens with zero attached hydrogens (tertiary/aromatic N) is 1. The van der Waals surface area contributed by atoms with Crippen molar-refractivity contribution in [2.24, 2.45) is 0 Å². The molecular formula is C18H25NO5. The second-order valence-electron chi connectivity index (χ2n) is 6.11. The van der Waals surface area contributed by atoms with Crippen LogP contribution in [0.15, 0.2) is 18.2 Å². The van der Waals surface area contributed by atoms with Crippen molar-refractivity contribution in [1.29, 1.82) is 0 Å². The Hall–Kier alpha value is -2.24. The minimum Gasteiger partial charge on any atom is -0.493 e. The monoisotopic (exact) mass is 335 g/mol. The van der Waals surface area contributed by atoms with Gasteiger partial charge in [-0.15, -0.1) is 0 Å². The van der Waals surface area contributed by atoms with Crippen molar-refractivity contribution in [1.82, 2.24) is 4.90 Å². The Morgan fingerprint density at radius 3 is 2.79 bits per heavy atom. The molecule has 1 N–H and O–H groups in total. The van der Waals surface area contributed by atoms with Crippen LogP contribution in [0.2, 0.25) is 0 Å². The van der Waals surface area contributed by atoms with Gasteiger partial charge >= 0.3 is 5.97 Å². The summed E-state index contributed by atoms with van der Waals surface area (Å²) in [5.41, 5.74) is 1.05. The Labute approximate surface area is 142 Å². The van der Waals surface area contributed by atoms with E-state index in [0.29, 0.717) is 24.5 Å². The first-order chi connectivity index (χ1) is 11.5. The molecule has 1 heterocycles. The van der Waals surface area contributed by atoms with Gasteiger partial charge in [0.1, 0.15) is 0 Å². The number of benzene rings is 1. The van der Waals surface area contributed by atoms with E-state index in [1.165, 1.54) is 0 Å². The molecule has 1 aromatic carbocycles. The van der Waals surface area contributed by atoms with E-state index in [-0.39, 0.29) is 25.0 Å². The molecular weight excluding hydrogens is 310 g/mol. The molecule has 1 aliphatic rings. The zero-order chi connectivity index (χ0) is 17.5. The van der Waals surface area contributed by atoms with E-state index in [1.54, 1.807) is 18.1 Å². The number of rotatable bonds is 7. The Bertz CT molecular complexity index is 587. The summed E-state index contributed by atoms with van der Waals surface area (Å²) in [6.07, 6.45) is 3.41. The number of methoxy groups -OCH3 is 1. The van der Waals surface area contributed by atoms with Crippen molar-refractivity contribution in [2.75, 3.05) is 20.3 Å². The van der Waals surface area contributed by atoms with Crippen LogP contribution < -0.4 is 9.47 Å². The SMILES string of the molecule is COc1cc(C)ccc1OCC(=O)N1CCCCC1CCC(=O)O. The van der Waals surface area contributed by atoms with E-state index in [1.807, 2.05) is 19.1 Å². The number of carboxylic acid groups (broad SMARTS) is 1. The maximum atomic E-state index is 12.5. The fourth-order valence-corrected chi connectivity index (χ4v) is 3.04. The van der Waals surface area contributed by atoms with Crippen LogP contribution in [-0.4, -0.2) is 48.2 Å². The molecule has 0 radical (unpaired) electrons. The van der Waals surface area contributed by atoms with Crippen LogP contribution in [0, 0.1) is 6.92 Å². The minimum absolute atomic E-state index is 0.00846. The van der Waals surface area contributed by atoms with Crippen LogP contribution in [-0.2, 0) is 9.59 Å². The van der Waals surface area contributed by atoms with E-state index < -0.39 is 5.97 Å². The van der Waals surface area contributed by atoms with E-state index in [4.69, 9.17) is 14.6 Å². The summed E-state index contributed by atoms with van der Waals surface area (Å²) in [5, 5.41) is 8.86. The molecule has 0 bridgehead atoms. The minimum atomic E-state index is -0.825. The van der Waals surface area contributed by atoms with E-state index in [9.17, 15) is 9.59 Å². The molecule has 0 aromatic heterocycles. The van der Waals surface area contributed by atoms with Gasteiger partial charge in [-0.3, -0.25) is 9.59 Å². The quantitative estimate of drug-likeness (QED) is 0.829. The second-order valence-corrected chi connectivity index (χ2v) is 6.11. The zero-order valence-corrected chi connectivity index (χ0v) is 14.3. The molecule has 1 aromatic rings. The normalized spacial score (nSPS) is 17.4. The molecule has 132 valence electrons. The molecule has 1 atom stereocenters. The van der Waals surface area contributed by atoms with Crippen molar-refractivity contribution >= 4 is 11.9 Å². The fraction of sp³-hybridized carbons (Fsp3) is 0.556. The number of aliphatic carboxylic acids is 1. The van der Waals surface area contributed by atoms with Crippen molar-refractivity contribution in [2.45, 2.75) is 45.1 Å². The summed E-state index contributed by atoms with van der Waals surface area (Å²) >= 11 is 0. The summed E-state index contributed by atoms with van der Waals surface area (Å²) in [7, 11) is 1.57. The van der Waals surface area contributed by atoms with Gasteiger partial charge in [0.25, 0.3) is 5.91 Å². The summed E-state index contributed by atoms with van der Waals surface area (Å²) in [4.78, 5) is 25.1. The highest BCUT2D eigenvalue weighted by atomic mass is 16.5. The molecule has 0 aliphatic carbocycles. The summed E-state index contributed by atoms with van der Waals surface area (Å²) in [5.74, 6) is 0.209. The molecule has 1 saturated heterocycles. The Morgan fingerprint density at radius 1 is 1.29 bits per heavy atom. The maximum Gasteiger partial charge on any atom is 0.303 e. The lowest BCUT2D eigenvalue weighted by Gasteiger charge is -2.35. The molecule has 24 heavy (non-hydrogen) atoms. The third kappa shape index (κ3) is 4.88. The average Bonchev–Trinajstić information content (AvgIpc) is 2.58. The molecule has 1 aliphatic heterocycles. The first-order valence-corrected chi connectivity index (χ1v) is 8.30. The summed E-state index contributed by atoms with van der Waals surface area (Å²) in [6, 6.07) is 5.54. The fourth-order valence-electron chi connectivity index (χ4n) is 3.04. The smallest absolute Gasteiger partial charge is 0.303 e. The van der Waals surface area contributed by atoms with Crippen LogP contribution in [0.5, 0.6) is 11.5 Å². The van der Waals surface area contributed by atoms with E-state index >= 15 is 0 Å². The van der Waals surface area contributed by atoms with Crippen LogP contribution in [0.25, 0.3) is 0 Å². The predicted molar refractivity (Wildman–Crippen MR) is 89.4 cm³/mol. The van der Waals surface area contributed by atoms with Gasteiger partial charge in [-0.05, 0) is 50.3 Å². The molecule has 1 fully saturated rings. The van der Waals surface area contributed by atoms with Gasteiger partial charge in [-0.1, -0.05) is 6.07 Å². The van der Waals surface area contributed by atoms with Gasteiger partial charge in [0.2, 0.25) is 0 Å². The van der Waals surface area contributed by atoms with E-state index in [2.05, 4.69) is 0 Å². The van der Waals surface area contributed by atoms with Gasteiger partial charge in [0.15, 0.2) is 18.1 Å². The summed E-state index contributed by atoms with van der Waals surface area (Å²) < 4.78 is 10.9. The lowest BCUT2D eigenvalue weighted by atomic mass is 9.98. The topological polar surface area (TPSA) is 76.1 Å². The Morgan fingerprint density at radius 2 is 2.08 bits per heavy atom. The third-order valence-corrected chi connectivity index (χ3v) is 4.31. The molecule has 1 amide bonds. The zero-order valence-electron chi connectivity index (χ0n) is 14.3. The number of amides is 1. The Kier molecular flexibility index (Phi) is 6.46. The molecule has 1 unspecified atom stereocenters. The van der Waals surface area contributed by atoms with Crippen molar-refractivity contribution in [3.63, 3.8) is 0 Å². The number of carboxylic acids is 1. The first-order valence-electron chi connectivity index (χ1n) is 8.30. The number of likely N-dealkylation sites (tertiary alicyclic amines) is 1. The molecule has 6 heteroatoms. The van der Waals surface area contributed by atoms with Crippen LogP contribution in [0.1, 0.15) is 37.7 Å².